The van der Waals surface area contributed by atoms with E-state index in [2.05, 4.69) is 11.9 Å². The quantitative estimate of drug-likeness (QED) is 0.781. The summed E-state index contributed by atoms with van der Waals surface area (Å²) in [5.74, 6) is 0.489. The van der Waals surface area contributed by atoms with E-state index in [1.807, 2.05) is 18.2 Å². The molecule has 1 aromatic heterocycles. The van der Waals surface area contributed by atoms with Gasteiger partial charge < -0.3 is 5.73 Å². The minimum atomic E-state index is -0.187. The summed E-state index contributed by atoms with van der Waals surface area (Å²) in [6.07, 6.45) is 2.76. The van der Waals surface area contributed by atoms with Crippen LogP contribution >= 0.6 is 0 Å². The van der Waals surface area contributed by atoms with Crippen molar-refractivity contribution in [2.75, 3.05) is 0 Å². The molecule has 3 nitrogen and oxygen atoms in total. The van der Waals surface area contributed by atoms with Gasteiger partial charge in [-0.3, -0.25) is 9.78 Å². The molecule has 0 radical (unpaired) electrons. The summed E-state index contributed by atoms with van der Waals surface area (Å²) >= 11 is 0. The molecule has 1 fully saturated rings. The van der Waals surface area contributed by atoms with E-state index in [-0.39, 0.29) is 17.7 Å². The number of pyridine rings is 1. The van der Waals surface area contributed by atoms with Gasteiger partial charge in [-0.1, -0.05) is 19.4 Å². The number of carbonyl (C=O) groups excluding carboxylic acids is 1. The molecule has 0 aromatic carbocycles. The van der Waals surface area contributed by atoms with Crippen LogP contribution in [0.3, 0.4) is 0 Å². The Balaban J connectivity index is 2.18. The molecule has 2 N–H and O–H groups in total. The van der Waals surface area contributed by atoms with Crippen molar-refractivity contribution in [2.24, 2.45) is 17.6 Å². The monoisotopic (exact) mass is 190 g/mol. The smallest absolute Gasteiger partial charge is 0.221 e. The Morgan fingerprint density at radius 1 is 1.57 bits per heavy atom. The zero-order valence-corrected chi connectivity index (χ0v) is 8.18. The molecule has 0 bridgehead atoms. The van der Waals surface area contributed by atoms with Crippen LogP contribution in [0.15, 0.2) is 24.4 Å². The van der Waals surface area contributed by atoms with Crippen molar-refractivity contribution >= 4 is 5.91 Å². The summed E-state index contributed by atoms with van der Waals surface area (Å²) in [6.45, 7) is 2.09. The Hall–Kier alpha value is -1.38. The summed E-state index contributed by atoms with van der Waals surface area (Å²) in [5.41, 5.74) is 6.33. The lowest BCUT2D eigenvalue weighted by Crippen LogP contribution is -2.14. The summed E-state index contributed by atoms with van der Waals surface area (Å²) in [7, 11) is 0. The molecule has 1 saturated carbocycles. The third kappa shape index (κ3) is 1.39. The van der Waals surface area contributed by atoms with Gasteiger partial charge in [0.25, 0.3) is 0 Å². The molecule has 74 valence electrons. The van der Waals surface area contributed by atoms with E-state index < -0.39 is 0 Å². The van der Waals surface area contributed by atoms with Crippen molar-refractivity contribution in [1.82, 2.24) is 4.98 Å². The fourth-order valence-corrected chi connectivity index (χ4v) is 2.25. The lowest BCUT2D eigenvalue weighted by molar-refractivity contribution is -0.119. The number of carbonyl (C=O) groups is 1. The van der Waals surface area contributed by atoms with Crippen LogP contribution in [0.1, 0.15) is 25.0 Å². The summed E-state index contributed by atoms with van der Waals surface area (Å²) in [5, 5.41) is 0. The van der Waals surface area contributed by atoms with E-state index in [9.17, 15) is 4.79 Å². The fraction of sp³-hybridized carbons (Fsp3) is 0.455. The second-order valence-electron chi connectivity index (χ2n) is 3.78. The first kappa shape index (κ1) is 9.19. The molecule has 1 aromatic rings. The van der Waals surface area contributed by atoms with Crippen LogP contribution in [0.4, 0.5) is 0 Å². The predicted octanol–water partition coefficient (Wildman–Crippen LogP) is 1.31. The average molecular weight is 190 g/mol. The Morgan fingerprint density at radius 2 is 2.36 bits per heavy atom. The number of amides is 1. The SMILES string of the molecule is CCC1C(C(N)=O)C1c1ccccn1. The molecule has 0 saturated heterocycles. The van der Waals surface area contributed by atoms with Crippen molar-refractivity contribution in [3.05, 3.63) is 30.1 Å². The van der Waals surface area contributed by atoms with Crippen LogP contribution in [-0.2, 0) is 4.79 Å². The third-order valence-corrected chi connectivity index (χ3v) is 3.00. The number of aromatic nitrogens is 1. The van der Waals surface area contributed by atoms with E-state index in [0.29, 0.717) is 5.92 Å². The van der Waals surface area contributed by atoms with Crippen molar-refractivity contribution in [1.29, 1.82) is 0 Å². The highest BCUT2D eigenvalue weighted by Gasteiger charge is 2.53. The lowest BCUT2D eigenvalue weighted by atomic mass is 10.2. The predicted molar refractivity (Wildman–Crippen MR) is 53.4 cm³/mol. The van der Waals surface area contributed by atoms with Gasteiger partial charge in [-0.2, -0.15) is 0 Å². The molecular weight excluding hydrogens is 176 g/mol. The lowest BCUT2D eigenvalue weighted by Gasteiger charge is -1.95. The van der Waals surface area contributed by atoms with E-state index in [1.54, 1.807) is 6.20 Å². The molecule has 0 spiro atoms. The van der Waals surface area contributed by atoms with Gasteiger partial charge in [-0.05, 0) is 18.1 Å². The molecule has 3 heteroatoms. The number of nitrogens with two attached hydrogens (primary N) is 1. The summed E-state index contributed by atoms with van der Waals surface area (Å²) < 4.78 is 0. The Labute approximate surface area is 83.3 Å². The van der Waals surface area contributed by atoms with Gasteiger partial charge in [0.2, 0.25) is 5.91 Å². The van der Waals surface area contributed by atoms with Gasteiger partial charge in [-0.25, -0.2) is 0 Å². The first-order chi connectivity index (χ1) is 6.75. The fourth-order valence-electron chi connectivity index (χ4n) is 2.25. The van der Waals surface area contributed by atoms with Crippen LogP contribution in [0.5, 0.6) is 0 Å². The minimum Gasteiger partial charge on any atom is -0.369 e. The minimum absolute atomic E-state index is 0.00917. The van der Waals surface area contributed by atoms with Gasteiger partial charge in [0.15, 0.2) is 0 Å². The van der Waals surface area contributed by atoms with Gasteiger partial charge >= 0.3 is 0 Å². The molecule has 3 unspecified atom stereocenters. The molecule has 1 aliphatic carbocycles. The van der Waals surface area contributed by atoms with Crippen LogP contribution in [-0.4, -0.2) is 10.9 Å². The maximum atomic E-state index is 11.1. The first-order valence-electron chi connectivity index (χ1n) is 4.96. The van der Waals surface area contributed by atoms with Crippen molar-refractivity contribution in [2.45, 2.75) is 19.3 Å². The topological polar surface area (TPSA) is 56.0 Å². The number of hydrogen-bond acceptors (Lipinski definition) is 2. The van der Waals surface area contributed by atoms with Crippen molar-refractivity contribution < 1.29 is 4.79 Å². The highest BCUT2D eigenvalue weighted by Crippen LogP contribution is 2.54. The number of nitrogens with zero attached hydrogens (tertiary/aromatic N) is 1. The molecule has 3 atom stereocenters. The van der Waals surface area contributed by atoms with Crippen LogP contribution in [0.25, 0.3) is 0 Å². The van der Waals surface area contributed by atoms with Crippen molar-refractivity contribution in [3.63, 3.8) is 0 Å². The van der Waals surface area contributed by atoms with E-state index >= 15 is 0 Å². The molecule has 0 aliphatic heterocycles. The highest BCUT2D eigenvalue weighted by atomic mass is 16.1. The maximum absolute atomic E-state index is 11.1. The number of primary amides is 1. The zero-order valence-electron chi connectivity index (χ0n) is 8.18. The molecular formula is C11H14N2O. The van der Waals surface area contributed by atoms with Gasteiger partial charge in [-0.15, -0.1) is 0 Å². The molecule has 1 amide bonds. The van der Waals surface area contributed by atoms with Crippen LogP contribution in [0, 0.1) is 11.8 Å². The van der Waals surface area contributed by atoms with Crippen molar-refractivity contribution in [3.8, 4) is 0 Å². The van der Waals surface area contributed by atoms with E-state index in [1.165, 1.54) is 0 Å². The van der Waals surface area contributed by atoms with E-state index in [0.717, 1.165) is 12.1 Å². The third-order valence-electron chi connectivity index (χ3n) is 3.00. The highest BCUT2D eigenvalue weighted by molar-refractivity contribution is 5.81. The van der Waals surface area contributed by atoms with Crippen LogP contribution in [0.2, 0.25) is 0 Å². The normalized spacial score (nSPS) is 29.9. The Kier molecular flexibility index (Phi) is 2.23. The second kappa shape index (κ2) is 3.40. The largest absolute Gasteiger partial charge is 0.369 e. The second-order valence-corrected chi connectivity index (χ2v) is 3.78. The average Bonchev–Trinajstić information content (AvgIpc) is 2.93. The van der Waals surface area contributed by atoms with E-state index in [4.69, 9.17) is 5.73 Å². The maximum Gasteiger partial charge on any atom is 0.221 e. The summed E-state index contributed by atoms with van der Waals surface area (Å²) in [4.78, 5) is 15.4. The first-order valence-corrected chi connectivity index (χ1v) is 4.96. The standard InChI is InChI=1S/C11H14N2O/c1-2-7-9(10(7)11(12)14)8-5-3-4-6-13-8/h3-7,9-10H,2H2,1H3,(H2,12,14). The molecule has 1 heterocycles. The molecule has 14 heavy (non-hydrogen) atoms. The Morgan fingerprint density at radius 3 is 2.79 bits per heavy atom. The Bertz CT molecular complexity index is 336. The van der Waals surface area contributed by atoms with Gasteiger partial charge in [0, 0.05) is 23.7 Å². The number of rotatable bonds is 3. The molecule has 2 rings (SSSR count). The number of hydrogen-bond donors (Lipinski definition) is 1. The zero-order chi connectivity index (χ0) is 10.1. The van der Waals surface area contributed by atoms with Crippen LogP contribution < -0.4 is 5.73 Å². The molecule has 1 aliphatic rings. The van der Waals surface area contributed by atoms with Gasteiger partial charge in [0.05, 0.1) is 0 Å². The van der Waals surface area contributed by atoms with Gasteiger partial charge in [0.1, 0.15) is 0 Å². The summed E-state index contributed by atoms with van der Waals surface area (Å²) in [6, 6.07) is 5.80.